The predicted octanol–water partition coefficient (Wildman–Crippen LogP) is 1.32. The molecule has 0 aliphatic carbocycles. The highest BCUT2D eigenvalue weighted by atomic mass is 16.5. The maximum absolute atomic E-state index is 12.8. The predicted molar refractivity (Wildman–Crippen MR) is 123 cm³/mol. The molecular weight excluding hydrogens is 442 g/mol. The van der Waals surface area contributed by atoms with Crippen LogP contribution in [0.1, 0.15) is 26.5 Å². The number of fused-ring (bicyclic) bond motifs is 1. The van der Waals surface area contributed by atoms with E-state index in [1.165, 1.54) is 13.1 Å². The van der Waals surface area contributed by atoms with Gasteiger partial charge in [-0.2, -0.15) is 0 Å². The maximum Gasteiger partial charge on any atom is 0.374 e. The fourth-order valence-corrected chi connectivity index (χ4v) is 3.44. The molecule has 2 heterocycles. The number of carbonyl (C=O) groups is 2. The van der Waals surface area contributed by atoms with E-state index in [2.05, 4.69) is 0 Å². The van der Waals surface area contributed by atoms with Crippen molar-refractivity contribution in [2.75, 3.05) is 12.3 Å². The molecule has 4 rings (SSSR count). The lowest BCUT2D eigenvalue weighted by Gasteiger charge is -2.14. The molecule has 0 saturated heterocycles. The van der Waals surface area contributed by atoms with Crippen LogP contribution >= 0.6 is 0 Å². The average molecular weight is 461 g/mol. The van der Waals surface area contributed by atoms with Crippen molar-refractivity contribution in [3.8, 4) is 0 Å². The smallest absolute Gasteiger partial charge is 0.374 e. The van der Waals surface area contributed by atoms with E-state index in [4.69, 9.17) is 14.9 Å². The first kappa shape index (κ1) is 22.5. The largest absolute Gasteiger partial charge is 0.451 e. The second-order valence-corrected chi connectivity index (χ2v) is 7.45. The van der Waals surface area contributed by atoms with Crippen LogP contribution in [0.2, 0.25) is 0 Å². The van der Waals surface area contributed by atoms with Gasteiger partial charge in [0.05, 0.1) is 11.9 Å². The minimum Gasteiger partial charge on any atom is -0.451 e. The van der Waals surface area contributed by atoms with Gasteiger partial charge in [0.2, 0.25) is 11.5 Å². The first-order chi connectivity index (χ1) is 16.3. The van der Waals surface area contributed by atoms with Gasteiger partial charge in [0.1, 0.15) is 17.0 Å². The van der Waals surface area contributed by atoms with Gasteiger partial charge in [0.15, 0.2) is 12.0 Å². The van der Waals surface area contributed by atoms with Gasteiger partial charge < -0.3 is 14.9 Å². The van der Waals surface area contributed by atoms with Gasteiger partial charge in [0.25, 0.3) is 5.56 Å². The number of rotatable bonds is 6. The standard InChI is InChI=1S/C24H19N3O7/c1-26-22(30)20(21(25)27(24(26)32)12-14-7-3-2-4-8-14)17(29)13-33-23(31)19-11-16(28)15-9-5-6-10-18(15)34-19/h2-11H,12-13,25H2,1H3. The van der Waals surface area contributed by atoms with Crippen molar-refractivity contribution in [2.45, 2.75) is 6.54 Å². The fourth-order valence-electron chi connectivity index (χ4n) is 3.44. The van der Waals surface area contributed by atoms with Crippen LogP contribution in [0.5, 0.6) is 0 Å². The zero-order valence-corrected chi connectivity index (χ0v) is 18.0. The van der Waals surface area contributed by atoms with Crippen molar-refractivity contribution in [3.63, 3.8) is 0 Å². The number of esters is 1. The average Bonchev–Trinajstić information content (AvgIpc) is 2.84. The van der Waals surface area contributed by atoms with Crippen LogP contribution in [0.3, 0.4) is 0 Å². The summed E-state index contributed by atoms with van der Waals surface area (Å²) >= 11 is 0. The van der Waals surface area contributed by atoms with Crippen molar-refractivity contribution in [2.24, 2.45) is 7.05 Å². The van der Waals surface area contributed by atoms with Crippen LogP contribution < -0.4 is 22.4 Å². The second kappa shape index (κ2) is 9.02. The summed E-state index contributed by atoms with van der Waals surface area (Å²) in [5, 5.41) is 0.284. The lowest BCUT2D eigenvalue weighted by Crippen LogP contribution is -2.43. The van der Waals surface area contributed by atoms with Gasteiger partial charge >= 0.3 is 11.7 Å². The number of hydrogen-bond donors (Lipinski definition) is 1. The lowest BCUT2D eigenvalue weighted by atomic mass is 10.2. The number of carbonyl (C=O) groups excluding carboxylic acids is 2. The first-order valence-corrected chi connectivity index (χ1v) is 10.1. The van der Waals surface area contributed by atoms with E-state index in [-0.39, 0.29) is 23.3 Å². The molecule has 0 aliphatic heterocycles. The maximum atomic E-state index is 12.8. The highest BCUT2D eigenvalue weighted by Gasteiger charge is 2.24. The molecule has 0 bridgehead atoms. The summed E-state index contributed by atoms with van der Waals surface area (Å²) < 4.78 is 12.2. The molecule has 10 heteroatoms. The van der Waals surface area contributed by atoms with Crippen LogP contribution in [-0.2, 0) is 18.3 Å². The molecule has 0 unspecified atom stereocenters. The Hall–Kier alpha value is -4.73. The van der Waals surface area contributed by atoms with E-state index in [1.54, 1.807) is 48.5 Å². The van der Waals surface area contributed by atoms with Gasteiger partial charge in [0, 0.05) is 13.1 Å². The Morgan fingerprint density at radius 1 is 1.00 bits per heavy atom. The molecule has 2 N–H and O–H groups in total. The number of benzene rings is 2. The van der Waals surface area contributed by atoms with Crippen LogP contribution in [-0.4, -0.2) is 27.5 Å². The summed E-state index contributed by atoms with van der Waals surface area (Å²) in [5.74, 6) is -2.71. The number of anilines is 1. The topological polar surface area (TPSA) is 144 Å². The summed E-state index contributed by atoms with van der Waals surface area (Å²) in [4.78, 5) is 62.6. The highest BCUT2D eigenvalue weighted by molar-refractivity contribution is 6.02. The van der Waals surface area contributed by atoms with Gasteiger partial charge in [-0.3, -0.25) is 23.5 Å². The zero-order chi connectivity index (χ0) is 24.4. The summed E-state index contributed by atoms with van der Waals surface area (Å²) in [5.41, 5.74) is 4.40. The number of Topliss-reactive ketones (excluding diaryl/α,β-unsaturated/α-hetero) is 1. The van der Waals surface area contributed by atoms with E-state index >= 15 is 0 Å². The first-order valence-electron chi connectivity index (χ1n) is 10.1. The quantitative estimate of drug-likeness (QED) is 0.334. The SMILES string of the molecule is Cn1c(=O)c(C(=O)COC(=O)c2cc(=O)c3ccccc3o2)c(N)n(Cc2ccccc2)c1=O. The Labute approximate surface area is 191 Å². The molecule has 0 radical (unpaired) electrons. The van der Waals surface area contributed by atoms with Crippen LogP contribution in [0.25, 0.3) is 11.0 Å². The Morgan fingerprint density at radius 2 is 1.68 bits per heavy atom. The summed E-state index contributed by atoms with van der Waals surface area (Å²) in [6.45, 7) is -0.819. The molecular formula is C24H19N3O7. The fraction of sp³-hybridized carbons (Fsp3) is 0.125. The number of nitrogens with two attached hydrogens (primary N) is 1. The third-order valence-electron chi connectivity index (χ3n) is 5.22. The third kappa shape index (κ3) is 4.16. The van der Waals surface area contributed by atoms with E-state index in [0.717, 1.165) is 20.8 Å². The van der Waals surface area contributed by atoms with Crippen molar-refractivity contribution in [3.05, 3.63) is 109 Å². The number of ether oxygens (including phenoxy) is 1. The molecule has 0 atom stereocenters. The molecule has 0 spiro atoms. The zero-order valence-electron chi connectivity index (χ0n) is 18.0. The number of hydrogen-bond acceptors (Lipinski definition) is 8. The van der Waals surface area contributed by atoms with Crippen LogP contribution in [0.4, 0.5) is 5.82 Å². The molecule has 0 saturated carbocycles. The van der Waals surface area contributed by atoms with Gasteiger partial charge in [-0.1, -0.05) is 42.5 Å². The van der Waals surface area contributed by atoms with E-state index in [1.807, 2.05) is 0 Å². The van der Waals surface area contributed by atoms with E-state index in [0.29, 0.717) is 0 Å². The molecule has 4 aromatic rings. The van der Waals surface area contributed by atoms with Gasteiger partial charge in [-0.25, -0.2) is 9.59 Å². The lowest BCUT2D eigenvalue weighted by molar-refractivity contribution is 0.0444. The Kier molecular flexibility index (Phi) is 5.96. The monoisotopic (exact) mass is 461 g/mol. The Bertz CT molecular complexity index is 1600. The normalized spacial score (nSPS) is 10.9. The number of aromatic nitrogens is 2. The highest BCUT2D eigenvalue weighted by Crippen LogP contribution is 2.13. The molecule has 10 nitrogen and oxygen atoms in total. The van der Waals surface area contributed by atoms with Gasteiger partial charge in [-0.15, -0.1) is 0 Å². The minimum atomic E-state index is -1.07. The Balaban J connectivity index is 1.61. The molecule has 2 aromatic carbocycles. The van der Waals surface area contributed by atoms with Crippen molar-refractivity contribution >= 4 is 28.5 Å². The molecule has 0 aliphatic rings. The molecule has 172 valence electrons. The summed E-state index contributed by atoms with van der Waals surface area (Å²) in [6, 6.07) is 16.2. The third-order valence-corrected chi connectivity index (χ3v) is 5.22. The number of ketones is 1. The Morgan fingerprint density at radius 3 is 2.41 bits per heavy atom. The van der Waals surface area contributed by atoms with Gasteiger partial charge in [-0.05, 0) is 17.7 Å². The van der Waals surface area contributed by atoms with E-state index in [9.17, 15) is 24.0 Å². The molecule has 0 fully saturated rings. The minimum absolute atomic E-state index is 0.0297. The summed E-state index contributed by atoms with van der Waals surface area (Å²) in [7, 11) is 1.22. The van der Waals surface area contributed by atoms with E-state index < -0.39 is 46.4 Å². The summed E-state index contributed by atoms with van der Waals surface area (Å²) in [6.07, 6.45) is 0. The number of nitrogen functional groups attached to an aromatic ring is 1. The van der Waals surface area contributed by atoms with Crippen molar-refractivity contribution < 1.29 is 18.7 Å². The van der Waals surface area contributed by atoms with Crippen LogP contribution in [0, 0.1) is 0 Å². The van der Waals surface area contributed by atoms with Crippen LogP contribution in [0.15, 0.2) is 79.5 Å². The number of nitrogens with zero attached hydrogens (tertiary/aromatic N) is 2. The van der Waals surface area contributed by atoms with Crippen molar-refractivity contribution in [1.29, 1.82) is 0 Å². The molecule has 34 heavy (non-hydrogen) atoms. The second-order valence-electron chi connectivity index (χ2n) is 7.45. The number of para-hydroxylation sites is 1. The molecule has 0 amide bonds. The van der Waals surface area contributed by atoms with Crippen molar-refractivity contribution in [1.82, 2.24) is 9.13 Å². The molecule has 2 aromatic heterocycles.